The summed E-state index contributed by atoms with van der Waals surface area (Å²) in [6.07, 6.45) is 3.82. The van der Waals surface area contributed by atoms with Gasteiger partial charge < -0.3 is 0 Å². The molecule has 1 heterocycles. The van der Waals surface area contributed by atoms with Gasteiger partial charge in [-0.15, -0.1) is 10.8 Å². The Bertz CT molecular complexity index is 552. The first-order chi connectivity index (χ1) is 7.56. The Balaban J connectivity index is 2.39. The van der Waals surface area contributed by atoms with Gasteiger partial charge in [0.25, 0.3) is 0 Å². The van der Waals surface area contributed by atoms with Gasteiger partial charge in [0.05, 0.1) is 11.7 Å². The zero-order valence-electron chi connectivity index (χ0n) is 9.81. The first kappa shape index (κ1) is 10.7. The number of benzene rings is 1. The smallest absolute Gasteiger partial charge is 0.113 e. The molecular formula is C13H15N3. The molecule has 2 rings (SSSR count). The number of nitrogens with zero attached hydrogens (tertiary/aromatic N) is 3. The Kier molecular flexibility index (Phi) is 2.63. The van der Waals surface area contributed by atoms with Crippen molar-refractivity contribution >= 4 is 17.2 Å². The minimum Gasteiger partial charge on any atom is -0.212 e. The number of fused-ring (bicyclic) bond motifs is 1. The Hall–Kier alpha value is -1.86. The number of para-hydroxylation sites is 1. The highest BCUT2D eigenvalue weighted by atomic mass is 15.4. The molecule has 82 valence electrons. The maximum atomic E-state index is 4.06. The number of rotatable bonds is 1. The predicted molar refractivity (Wildman–Crippen MR) is 65.8 cm³/mol. The third-order valence-corrected chi connectivity index (χ3v) is 2.09. The molecule has 0 aliphatic rings. The molecular weight excluding hydrogens is 198 g/mol. The molecule has 1 aromatic heterocycles. The highest BCUT2D eigenvalue weighted by Crippen LogP contribution is 2.14. The van der Waals surface area contributed by atoms with Crippen LogP contribution in [-0.4, -0.2) is 15.0 Å². The van der Waals surface area contributed by atoms with Crippen molar-refractivity contribution in [2.24, 2.45) is 5.41 Å². The highest BCUT2D eigenvalue weighted by molar-refractivity contribution is 5.75. The monoisotopic (exact) mass is 213 g/mol. The van der Waals surface area contributed by atoms with Gasteiger partial charge in [0, 0.05) is 0 Å². The van der Waals surface area contributed by atoms with E-state index in [1.807, 2.05) is 30.3 Å². The summed E-state index contributed by atoms with van der Waals surface area (Å²) in [6.45, 7) is 6.40. The number of hydrogen-bond acceptors (Lipinski definition) is 2. The topological polar surface area (TPSA) is 30.7 Å². The van der Waals surface area contributed by atoms with Crippen LogP contribution in [0.2, 0.25) is 0 Å². The zero-order valence-corrected chi connectivity index (χ0v) is 9.81. The van der Waals surface area contributed by atoms with E-state index >= 15 is 0 Å². The summed E-state index contributed by atoms with van der Waals surface area (Å²) in [4.78, 5) is 0. The van der Waals surface area contributed by atoms with E-state index in [4.69, 9.17) is 0 Å². The van der Waals surface area contributed by atoms with Gasteiger partial charge in [0.1, 0.15) is 5.52 Å². The molecule has 0 aliphatic carbocycles. The van der Waals surface area contributed by atoms with Gasteiger partial charge in [-0.25, -0.2) is 4.68 Å². The van der Waals surface area contributed by atoms with Crippen LogP contribution < -0.4 is 0 Å². The van der Waals surface area contributed by atoms with Crippen molar-refractivity contribution in [1.82, 2.24) is 15.0 Å². The molecule has 0 N–H and O–H groups in total. The zero-order chi connectivity index (χ0) is 11.6. The molecule has 0 amide bonds. The van der Waals surface area contributed by atoms with Gasteiger partial charge in [0.2, 0.25) is 0 Å². The summed E-state index contributed by atoms with van der Waals surface area (Å²) >= 11 is 0. The molecule has 0 aliphatic heterocycles. The first-order valence-corrected chi connectivity index (χ1v) is 5.30. The van der Waals surface area contributed by atoms with Crippen molar-refractivity contribution in [3.8, 4) is 0 Å². The van der Waals surface area contributed by atoms with Gasteiger partial charge in [-0.1, -0.05) is 38.1 Å². The molecule has 0 fully saturated rings. The summed E-state index contributed by atoms with van der Waals surface area (Å²) < 4.78 is 1.73. The van der Waals surface area contributed by atoms with Crippen molar-refractivity contribution in [3.63, 3.8) is 0 Å². The van der Waals surface area contributed by atoms with E-state index in [9.17, 15) is 0 Å². The Labute approximate surface area is 95.1 Å². The van der Waals surface area contributed by atoms with E-state index < -0.39 is 0 Å². The average molecular weight is 213 g/mol. The maximum absolute atomic E-state index is 4.06. The summed E-state index contributed by atoms with van der Waals surface area (Å²) in [5.74, 6) is 0. The fourth-order valence-corrected chi connectivity index (χ4v) is 1.34. The molecule has 2 aromatic rings. The van der Waals surface area contributed by atoms with Crippen LogP contribution >= 0.6 is 0 Å². The molecule has 0 unspecified atom stereocenters. The van der Waals surface area contributed by atoms with E-state index in [0.29, 0.717) is 0 Å². The van der Waals surface area contributed by atoms with Crippen molar-refractivity contribution in [1.29, 1.82) is 0 Å². The largest absolute Gasteiger partial charge is 0.212 e. The lowest BCUT2D eigenvalue weighted by Crippen LogP contribution is -1.97. The Morgan fingerprint density at radius 1 is 1.25 bits per heavy atom. The van der Waals surface area contributed by atoms with Crippen LogP contribution in [0.5, 0.6) is 0 Å². The van der Waals surface area contributed by atoms with Crippen LogP contribution in [0.4, 0.5) is 0 Å². The lowest BCUT2D eigenvalue weighted by atomic mass is 9.97. The lowest BCUT2D eigenvalue weighted by molar-refractivity contribution is 0.545. The SMILES string of the molecule is CC(C)(C)C=C=Cn1nnc2ccccc21. The normalized spacial score (nSPS) is 11.2. The quantitative estimate of drug-likeness (QED) is 0.681. The molecule has 16 heavy (non-hydrogen) atoms. The van der Waals surface area contributed by atoms with Crippen LogP contribution in [0.15, 0.2) is 36.1 Å². The maximum Gasteiger partial charge on any atom is 0.113 e. The minimum atomic E-state index is 0.132. The number of hydrogen-bond donors (Lipinski definition) is 0. The van der Waals surface area contributed by atoms with Gasteiger partial charge in [-0.05, 0) is 23.6 Å². The minimum absolute atomic E-state index is 0.132. The summed E-state index contributed by atoms with van der Waals surface area (Å²) in [7, 11) is 0. The van der Waals surface area contributed by atoms with Gasteiger partial charge in [-0.2, -0.15) is 0 Å². The highest BCUT2D eigenvalue weighted by Gasteiger charge is 2.03. The first-order valence-electron chi connectivity index (χ1n) is 5.30. The van der Waals surface area contributed by atoms with Crippen molar-refractivity contribution in [3.05, 3.63) is 36.1 Å². The third kappa shape index (κ3) is 2.38. The van der Waals surface area contributed by atoms with Crippen LogP contribution in [0.3, 0.4) is 0 Å². The molecule has 3 heteroatoms. The van der Waals surface area contributed by atoms with Crippen molar-refractivity contribution in [2.75, 3.05) is 0 Å². The second-order valence-electron chi connectivity index (χ2n) is 4.83. The number of allylic oxidation sites excluding steroid dienone is 1. The molecule has 0 radical (unpaired) electrons. The molecule has 1 aromatic carbocycles. The van der Waals surface area contributed by atoms with Crippen LogP contribution in [0, 0.1) is 5.41 Å². The predicted octanol–water partition coefficient (Wildman–Crippen LogP) is 3.10. The van der Waals surface area contributed by atoms with Gasteiger partial charge in [0.15, 0.2) is 0 Å². The summed E-state index contributed by atoms with van der Waals surface area (Å²) in [5.41, 5.74) is 5.16. The summed E-state index contributed by atoms with van der Waals surface area (Å²) in [6, 6.07) is 7.87. The Morgan fingerprint density at radius 3 is 2.75 bits per heavy atom. The van der Waals surface area contributed by atoms with E-state index in [0.717, 1.165) is 11.0 Å². The van der Waals surface area contributed by atoms with Crippen molar-refractivity contribution < 1.29 is 0 Å². The molecule has 0 saturated heterocycles. The molecule has 0 bridgehead atoms. The third-order valence-electron chi connectivity index (χ3n) is 2.09. The fourth-order valence-electron chi connectivity index (χ4n) is 1.34. The van der Waals surface area contributed by atoms with Crippen molar-refractivity contribution in [2.45, 2.75) is 20.8 Å². The van der Waals surface area contributed by atoms with E-state index in [1.165, 1.54) is 0 Å². The molecule has 0 saturated carbocycles. The van der Waals surface area contributed by atoms with E-state index in [-0.39, 0.29) is 5.41 Å². The Morgan fingerprint density at radius 2 is 2.00 bits per heavy atom. The summed E-state index contributed by atoms with van der Waals surface area (Å²) in [5, 5.41) is 8.11. The van der Waals surface area contributed by atoms with E-state index in [2.05, 4.69) is 36.8 Å². The van der Waals surface area contributed by atoms with Gasteiger partial charge in [-0.3, -0.25) is 0 Å². The number of aromatic nitrogens is 3. The van der Waals surface area contributed by atoms with Crippen LogP contribution in [0.1, 0.15) is 20.8 Å². The lowest BCUT2D eigenvalue weighted by Gasteiger charge is -2.08. The molecule has 3 nitrogen and oxygen atoms in total. The molecule has 0 spiro atoms. The second kappa shape index (κ2) is 3.95. The average Bonchev–Trinajstić information content (AvgIpc) is 2.60. The van der Waals surface area contributed by atoms with E-state index in [1.54, 1.807) is 10.9 Å². The van der Waals surface area contributed by atoms with Crippen LogP contribution in [-0.2, 0) is 0 Å². The standard InChI is InChI=1S/C13H15N3/c1-13(2,3)9-6-10-16-12-8-5-4-7-11(12)14-15-16/h4-5,7-10H,1-3H3. The van der Waals surface area contributed by atoms with Gasteiger partial charge >= 0.3 is 0 Å². The second-order valence-corrected chi connectivity index (χ2v) is 4.83. The molecule has 0 atom stereocenters. The fraction of sp³-hybridized carbons (Fsp3) is 0.308. The van der Waals surface area contributed by atoms with Crippen LogP contribution in [0.25, 0.3) is 17.2 Å².